The van der Waals surface area contributed by atoms with Crippen molar-refractivity contribution >= 4 is 0 Å². The molecule has 0 atom stereocenters. The second kappa shape index (κ2) is 3.71. The van der Waals surface area contributed by atoms with E-state index in [1.54, 1.807) is 6.20 Å². The van der Waals surface area contributed by atoms with E-state index in [0.29, 0.717) is 6.42 Å². The maximum absolute atomic E-state index is 10.3. The van der Waals surface area contributed by atoms with Crippen molar-refractivity contribution in [1.29, 1.82) is 0 Å². The van der Waals surface area contributed by atoms with Gasteiger partial charge in [-0.25, -0.2) is 0 Å². The molecule has 4 nitrogen and oxygen atoms in total. The first kappa shape index (κ1) is 9.68. The van der Waals surface area contributed by atoms with E-state index in [-0.39, 0.29) is 0 Å². The van der Waals surface area contributed by atoms with Crippen molar-refractivity contribution in [2.75, 3.05) is 13.1 Å². The molecular weight excluding hydrogens is 180 g/mol. The number of hydrogen-bond acceptors (Lipinski definition) is 4. The molecule has 2 N–H and O–H groups in total. The standard InChI is InChI=1S/C10H16N2O2/c1-8-9(7-12-14-8)6-10(13)2-4-11-5-3-10/h7,11,13H,2-6H2,1H3. The number of nitrogens with one attached hydrogen (secondary N) is 1. The van der Waals surface area contributed by atoms with Crippen molar-refractivity contribution in [1.82, 2.24) is 10.5 Å². The first-order valence-electron chi connectivity index (χ1n) is 5.03. The van der Waals surface area contributed by atoms with Crippen LogP contribution in [0.1, 0.15) is 24.2 Å². The molecule has 1 fully saturated rings. The number of aryl methyl sites for hydroxylation is 1. The molecule has 1 aromatic rings. The van der Waals surface area contributed by atoms with E-state index in [2.05, 4.69) is 10.5 Å². The van der Waals surface area contributed by atoms with Crippen molar-refractivity contribution in [3.8, 4) is 0 Å². The van der Waals surface area contributed by atoms with E-state index in [1.165, 1.54) is 0 Å². The Morgan fingerprint density at radius 1 is 1.57 bits per heavy atom. The molecule has 78 valence electrons. The second-order valence-corrected chi connectivity index (χ2v) is 4.06. The number of aliphatic hydroxyl groups is 1. The lowest BCUT2D eigenvalue weighted by molar-refractivity contribution is 0.0106. The van der Waals surface area contributed by atoms with E-state index in [9.17, 15) is 5.11 Å². The van der Waals surface area contributed by atoms with Crippen LogP contribution < -0.4 is 5.32 Å². The van der Waals surface area contributed by atoms with Gasteiger partial charge in [-0.15, -0.1) is 0 Å². The molecular formula is C10H16N2O2. The van der Waals surface area contributed by atoms with Crippen LogP contribution in [0.4, 0.5) is 0 Å². The maximum atomic E-state index is 10.3. The van der Waals surface area contributed by atoms with E-state index >= 15 is 0 Å². The minimum Gasteiger partial charge on any atom is -0.389 e. The lowest BCUT2D eigenvalue weighted by Gasteiger charge is -2.32. The van der Waals surface area contributed by atoms with Gasteiger partial charge in [-0.3, -0.25) is 0 Å². The van der Waals surface area contributed by atoms with Gasteiger partial charge in [0.25, 0.3) is 0 Å². The van der Waals surface area contributed by atoms with Gasteiger partial charge in [0.05, 0.1) is 11.8 Å². The van der Waals surface area contributed by atoms with Crippen molar-refractivity contribution < 1.29 is 9.63 Å². The molecule has 1 saturated heterocycles. The van der Waals surface area contributed by atoms with E-state index in [0.717, 1.165) is 37.3 Å². The Labute approximate surface area is 83.3 Å². The molecule has 0 spiro atoms. The zero-order chi connectivity index (χ0) is 10.0. The van der Waals surface area contributed by atoms with Gasteiger partial charge in [0.2, 0.25) is 0 Å². The summed E-state index contributed by atoms with van der Waals surface area (Å²) < 4.78 is 4.97. The van der Waals surface area contributed by atoms with Crippen molar-refractivity contribution in [3.63, 3.8) is 0 Å². The van der Waals surface area contributed by atoms with Crippen LogP contribution in [-0.4, -0.2) is 29.0 Å². The van der Waals surface area contributed by atoms with Crippen molar-refractivity contribution in [3.05, 3.63) is 17.5 Å². The fourth-order valence-electron chi connectivity index (χ4n) is 1.91. The molecule has 14 heavy (non-hydrogen) atoms. The van der Waals surface area contributed by atoms with Crippen LogP contribution in [0.15, 0.2) is 10.7 Å². The number of rotatable bonds is 2. The molecule has 0 aromatic carbocycles. The van der Waals surface area contributed by atoms with Gasteiger partial charge in [-0.1, -0.05) is 5.16 Å². The average Bonchev–Trinajstić information content (AvgIpc) is 2.52. The summed E-state index contributed by atoms with van der Waals surface area (Å²) in [6, 6.07) is 0. The summed E-state index contributed by atoms with van der Waals surface area (Å²) in [6.45, 7) is 3.66. The zero-order valence-electron chi connectivity index (χ0n) is 8.42. The molecule has 0 saturated carbocycles. The van der Waals surface area contributed by atoms with Crippen LogP contribution in [0.2, 0.25) is 0 Å². The SMILES string of the molecule is Cc1oncc1CC1(O)CCNCC1. The van der Waals surface area contributed by atoms with Crippen LogP contribution in [0.5, 0.6) is 0 Å². The minimum atomic E-state index is -0.568. The van der Waals surface area contributed by atoms with Crippen molar-refractivity contribution in [2.24, 2.45) is 0 Å². The minimum absolute atomic E-state index is 0.568. The van der Waals surface area contributed by atoms with Crippen LogP contribution in [-0.2, 0) is 6.42 Å². The quantitative estimate of drug-likeness (QED) is 0.728. The molecule has 2 heterocycles. The molecule has 4 heteroatoms. The predicted octanol–water partition coefficient (Wildman–Crippen LogP) is 0.640. The molecule has 0 aliphatic carbocycles. The summed E-state index contributed by atoms with van der Waals surface area (Å²) in [4.78, 5) is 0. The number of nitrogens with zero attached hydrogens (tertiary/aromatic N) is 1. The van der Waals surface area contributed by atoms with E-state index in [1.807, 2.05) is 6.92 Å². The summed E-state index contributed by atoms with van der Waals surface area (Å²) in [7, 11) is 0. The highest BCUT2D eigenvalue weighted by atomic mass is 16.5. The molecule has 2 rings (SSSR count). The summed E-state index contributed by atoms with van der Waals surface area (Å²) in [6.07, 6.45) is 3.97. The molecule has 1 aliphatic rings. The van der Waals surface area contributed by atoms with Crippen LogP contribution in [0, 0.1) is 6.92 Å². The average molecular weight is 196 g/mol. The predicted molar refractivity (Wildman–Crippen MR) is 52.0 cm³/mol. The Morgan fingerprint density at radius 2 is 2.29 bits per heavy atom. The molecule has 0 amide bonds. The lowest BCUT2D eigenvalue weighted by Crippen LogP contribution is -2.43. The highest BCUT2D eigenvalue weighted by Crippen LogP contribution is 2.24. The van der Waals surface area contributed by atoms with E-state index in [4.69, 9.17) is 4.52 Å². The maximum Gasteiger partial charge on any atom is 0.136 e. The summed E-state index contributed by atoms with van der Waals surface area (Å²) >= 11 is 0. The normalized spacial score (nSPS) is 21.0. The van der Waals surface area contributed by atoms with Gasteiger partial charge in [0.15, 0.2) is 0 Å². The Bertz CT molecular complexity index is 303. The van der Waals surface area contributed by atoms with E-state index < -0.39 is 5.60 Å². The topological polar surface area (TPSA) is 58.3 Å². The fraction of sp³-hybridized carbons (Fsp3) is 0.700. The summed E-state index contributed by atoms with van der Waals surface area (Å²) in [5.74, 6) is 0.817. The molecule has 1 aromatic heterocycles. The van der Waals surface area contributed by atoms with Crippen LogP contribution in [0.25, 0.3) is 0 Å². The fourth-order valence-corrected chi connectivity index (χ4v) is 1.91. The largest absolute Gasteiger partial charge is 0.389 e. The third-order valence-corrected chi connectivity index (χ3v) is 2.90. The molecule has 0 unspecified atom stereocenters. The van der Waals surface area contributed by atoms with Gasteiger partial charge in [-0.05, 0) is 32.9 Å². The van der Waals surface area contributed by atoms with Crippen LogP contribution >= 0.6 is 0 Å². The van der Waals surface area contributed by atoms with Gasteiger partial charge in [0.1, 0.15) is 5.76 Å². The van der Waals surface area contributed by atoms with Gasteiger partial charge >= 0.3 is 0 Å². The number of piperidine rings is 1. The molecule has 0 bridgehead atoms. The zero-order valence-corrected chi connectivity index (χ0v) is 8.42. The second-order valence-electron chi connectivity index (χ2n) is 4.06. The highest BCUT2D eigenvalue weighted by Gasteiger charge is 2.30. The van der Waals surface area contributed by atoms with Gasteiger partial charge in [0, 0.05) is 12.0 Å². The summed E-state index contributed by atoms with van der Waals surface area (Å²) in [5.41, 5.74) is 0.455. The van der Waals surface area contributed by atoms with Crippen molar-refractivity contribution in [2.45, 2.75) is 31.8 Å². The molecule has 0 radical (unpaired) electrons. The lowest BCUT2D eigenvalue weighted by atomic mass is 9.86. The first-order valence-corrected chi connectivity index (χ1v) is 5.03. The molecule has 1 aliphatic heterocycles. The Hall–Kier alpha value is -0.870. The Morgan fingerprint density at radius 3 is 2.86 bits per heavy atom. The smallest absolute Gasteiger partial charge is 0.136 e. The monoisotopic (exact) mass is 196 g/mol. The van der Waals surface area contributed by atoms with Gasteiger partial charge < -0.3 is 14.9 Å². The summed E-state index contributed by atoms with van der Waals surface area (Å²) in [5, 5.41) is 17.2. The highest BCUT2D eigenvalue weighted by molar-refractivity contribution is 5.15. The Kier molecular flexibility index (Phi) is 2.56. The van der Waals surface area contributed by atoms with Crippen LogP contribution in [0.3, 0.4) is 0 Å². The first-order chi connectivity index (χ1) is 6.70. The third kappa shape index (κ3) is 1.96. The Balaban J connectivity index is 2.05. The van der Waals surface area contributed by atoms with Gasteiger partial charge in [-0.2, -0.15) is 0 Å². The number of hydrogen-bond donors (Lipinski definition) is 2. The number of aromatic nitrogens is 1. The third-order valence-electron chi connectivity index (χ3n) is 2.90.